The molecule has 1 N–H and O–H groups in total. The highest BCUT2D eigenvalue weighted by Crippen LogP contribution is 2.24. The van der Waals surface area contributed by atoms with Gasteiger partial charge >= 0.3 is 0 Å². The number of halogens is 1. The Morgan fingerprint density at radius 2 is 2.15 bits per heavy atom. The Bertz CT molecular complexity index is 811. The number of rotatable bonds is 7. The molecule has 1 aromatic carbocycles. The molecule has 0 aliphatic carbocycles. The van der Waals surface area contributed by atoms with Crippen molar-refractivity contribution in [1.29, 1.82) is 0 Å². The monoisotopic (exact) mass is 408 g/mol. The highest BCUT2D eigenvalue weighted by Gasteiger charge is 2.36. The molecule has 1 saturated heterocycles. The van der Waals surface area contributed by atoms with Gasteiger partial charge in [0.15, 0.2) is 0 Å². The van der Waals surface area contributed by atoms with Crippen LogP contribution in [0.2, 0.25) is 5.02 Å². The van der Waals surface area contributed by atoms with Crippen LogP contribution < -0.4 is 5.32 Å². The number of carbonyl (C=O) groups excluding carboxylic acids is 2. The van der Waals surface area contributed by atoms with E-state index in [0.29, 0.717) is 29.7 Å². The Morgan fingerprint density at radius 1 is 1.41 bits per heavy atom. The van der Waals surface area contributed by atoms with E-state index in [9.17, 15) is 9.59 Å². The number of ether oxygens (including phenoxy) is 1. The smallest absolute Gasteiger partial charge is 0.231 e. The molecular formula is C18H21ClN4O3S. The van der Waals surface area contributed by atoms with Gasteiger partial charge in [-0.25, -0.2) is 0 Å². The zero-order valence-electron chi connectivity index (χ0n) is 15.1. The number of anilines is 1. The lowest BCUT2D eigenvalue weighted by molar-refractivity contribution is -0.130. The average molecular weight is 409 g/mol. The Labute approximate surface area is 166 Å². The van der Waals surface area contributed by atoms with E-state index >= 15 is 0 Å². The van der Waals surface area contributed by atoms with Crippen LogP contribution in [-0.4, -0.2) is 53.2 Å². The van der Waals surface area contributed by atoms with Crippen molar-refractivity contribution in [1.82, 2.24) is 15.1 Å². The number of likely N-dealkylation sites (tertiary alicyclic amines) is 1. The fraction of sp³-hybridized carbons (Fsp3) is 0.444. The predicted octanol–water partition coefficient (Wildman–Crippen LogP) is 2.60. The minimum atomic E-state index is -0.388. The number of amides is 2. The molecule has 0 spiro atoms. The lowest BCUT2D eigenvalue weighted by Gasteiger charge is -2.23. The van der Waals surface area contributed by atoms with Crippen molar-refractivity contribution in [3.8, 4) is 0 Å². The number of nitrogens with one attached hydrogen (secondary N) is 1. The summed E-state index contributed by atoms with van der Waals surface area (Å²) in [6, 6.07) is 7.47. The van der Waals surface area contributed by atoms with Gasteiger partial charge in [0.05, 0.1) is 18.6 Å². The Kier molecular flexibility index (Phi) is 6.41. The van der Waals surface area contributed by atoms with Gasteiger partial charge in [-0.05, 0) is 24.6 Å². The maximum absolute atomic E-state index is 12.5. The van der Waals surface area contributed by atoms with Crippen LogP contribution in [0.3, 0.4) is 0 Å². The first kappa shape index (κ1) is 19.7. The zero-order valence-corrected chi connectivity index (χ0v) is 16.7. The van der Waals surface area contributed by atoms with Crippen molar-refractivity contribution in [2.24, 2.45) is 5.92 Å². The van der Waals surface area contributed by atoms with Crippen LogP contribution in [0.1, 0.15) is 23.9 Å². The van der Waals surface area contributed by atoms with Gasteiger partial charge in [0.25, 0.3) is 0 Å². The van der Waals surface area contributed by atoms with E-state index in [1.807, 2.05) is 31.2 Å². The summed E-state index contributed by atoms with van der Waals surface area (Å²) in [6.45, 7) is 2.76. The van der Waals surface area contributed by atoms with E-state index in [2.05, 4.69) is 15.5 Å². The lowest BCUT2D eigenvalue weighted by atomic mass is 10.1. The van der Waals surface area contributed by atoms with Crippen LogP contribution in [-0.2, 0) is 20.7 Å². The van der Waals surface area contributed by atoms with E-state index in [1.54, 1.807) is 12.0 Å². The van der Waals surface area contributed by atoms with Crippen LogP contribution in [0, 0.1) is 5.92 Å². The van der Waals surface area contributed by atoms with E-state index in [4.69, 9.17) is 16.3 Å². The number of carbonyl (C=O) groups is 2. The van der Waals surface area contributed by atoms with E-state index in [-0.39, 0.29) is 30.2 Å². The third-order valence-electron chi connectivity index (χ3n) is 4.43. The summed E-state index contributed by atoms with van der Waals surface area (Å²) < 4.78 is 5.10. The standard InChI is InChI=1S/C18H21ClN4O3S/c1-11(10-26-2)23-9-13(8-16(23)24)17(25)20-18-22-21-15(27-18)7-12-3-5-14(19)6-4-12/h3-6,11,13H,7-10H2,1-2H3,(H,20,22,25)/t11-,13-/m0/s1. The Hall–Kier alpha value is -2.03. The Balaban J connectivity index is 1.56. The minimum Gasteiger partial charge on any atom is -0.383 e. The summed E-state index contributed by atoms with van der Waals surface area (Å²) in [5.74, 6) is -0.620. The molecule has 27 heavy (non-hydrogen) atoms. The zero-order chi connectivity index (χ0) is 19.4. The van der Waals surface area contributed by atoms with Crippen molar-refractivity contribution >= 4 is 39.9 Å². The van der Waals surface area contributed by atoms with E-state index in [1.165, 1.54) is 11.3 Å². The third-order valence-corrected chi connectivity index (χ3v) is 5.53. The summed E-state index contributed by atoms with van der Waals surface area (Å²) >= 11 is 7.22. The van der Waals surface area contributed by atoms with Crippen LogP contribution in [0.4, 0.5) is 5.13 Å². The van der Waals surface area contributed by atoms with Gasteiger partial charge in [-0.1, -0.05) is 35.1 Å². The average Bonchev–Trinajstić information content (AvgIpc) is 3.23. The molecule has 144 valence electrons. The van der Waals surface area contributed by atoms with Crippen LogP contribution in [0.25, 0.3) is 0 Å². The molecule has 1 fully saturated rings. The third kappa shape index (κ3) is 5.03. The molecule has 2 amide bonds. The van der Waals surface area contributed by atoms with Crippen LogP contribution >= 0.6 is 22.9 Å². The molecule has 0 unspecified atom stereocenters. The summed E-state index contributed by atoms with van der Waals surface area (Å²) in [6.07, 6.45) is 0.825. The number of aromatic nitrogens is 2. The molecule has 1 aliphatic rings. The summed E-state index contributed by atoms with van der Waals surface area (Å²) in [5, 5.41) is 12.9. The molecule has 7 nitrogen and oxygen atoms in total. The normalized spacial score (nSPS) is 18.0. The first-order valence-corrected chi connectivity index (χ1v) is 9.81. The molecule has 9 heteroatoms. The molecule has 2 heterocycles. The summed E-state index contributed by atoms with van der Waals surface area (Å²) in [7, 11) is 1.60. The van der Waals surface area contributed by atoms with Crippen molar-refractivity contribution < 1.29 is 14.3 Å². The molecule has 2 atom stereocenters. The molecule has 0 saturated carbocycles. The second-order valence-electron chi connectivity index (χ2n) is 6.54. The van der Waals surface area contributed by atoms with Crippen LogP contribution in [0.5, 0.6) is 0 Å². The fourth-order valence-corrected chi connectivity index (χ4v) is 3.93. The summed E-state index contributed by atoms with van der Waals surface area (Å²) in [5.41, 5.74) is 1.07. The van der Waals surface area contributed by atoms with Gasteiger partial charge in [-0.2, -0.15) is 0 Å². The maximum Gasteiger partial charge on any atom is 0.231 e. The number of nitrogens with zero attached hydrogens (tertiary/aromatic N) is 3. The molecule has 0 bridgehead atoms. The van der Waals surface area contributed by atoms with Crippen molar-refractivity contribution in [3.63, 3.8) is 0 Å². The first-order valence-electron chi connectivity index (χ1n) is 8.62. The van der Waals surface area contributed by atoms with Gasteiger partial charge in [-0.15, -0.1) is 10.2 Å². The topological polar surface area (TPSA) is 84.4 Å². The summed E-state index contributed by atoms with van der Waals surface area (Å²) in [4.78, 5) is 26.3. The Morgan fingerprint density at radius 3 is 2.85 bits per heavy atom. The lowest BCUT2D eigenvalue weighted by Crippen LogP contribution is -2.38. The van der Waals surface area contributed by atoms with Crippen molar-refractivity contribution in [2.45, 2.75) is 25.8 Å². The van der Waals surface area contributed by atoms with Gasteiger partial charge in [0.2, 0.25) is 16.9 Å². The molecule has 0 radical (unpaired) electrons. The largest absolute Gasteiger partial charge is 0.383 e. The van der Waals surface area contributed by atoms with Gasteiger partial charge in [0.1, 0.15) is 5.01 Å². The second kappa shape index (κ2) is 8.77. The highest BCUT2D eigenvalue weighted by atomic mass is 35.5. The minimum absolute atomic E-state index is 0.0274. The van der Waals surface area contributed by atoms with Gasteiger partial charge in [-0.3, -0.25) is 9.59 Å². The quantitative estimate of drug-likeness (QED) is 0.761. The van der Waals surface area contributed by atoms with Crippen molar-refractivity contribution in [2.75, 3.05) is 25.6 Å². The number of hydrogen-bond acceptors (Lipinski definition) is 6. The van der Waals surface area contributed by atoms with E-state index in [0.717, 1.165) is 10.6 Å². The SMILES string of the molecule is COC[C@H](C)N1C[C@@H](C(=O)Nc2nnc(Cc3ccc(Cl)cc3)s2)CC1=O. The second-order valence-corrected chi connectivity index (χ2v) is 8.04. The number of benzene rings is 1. The maximum atomic E-state index is 12.5. The van der Waals surface area contributed by atoms with Crippen LogP contribution in [0.15, 0.2) is 24.3 Å². The molecule has 1 aliphatic heterocycles. The first-order chi connectivity index (χ1) is 13.0. The highest BCUT2D eigenvalue weighted by molar-refractivity contribution is 7.15. The molecule has 1 aromatic heterocycles. The number of methoxy groups -OCH3 is 1. The predicted molar refractivity (Wildman–Crippen MR) is 104 cm³/mol. The molecule has 2 aromatic rings. The molecular weight excluding hydrogens is 388 g/mol. The van der Waals surface area contributed by atoms with Gasteiger partial charge in [0, 0.05) is 31.5 Å². The molecule has 3 rings (SSSR count). The van der Waals surface area contributed by atoms with E-state index < -0.39 is 0 Å². The number of hydrogen-bond donors (Lipinski definition) is 1. The fourth-order valence-electron chi connectivity index (χ4n) is 3.02. The van der Waals surface area contributed by atoms with Crippen molar-refractivity contribution in [3.05, 3.63) is 39.9 Å². The van der Waals surface area contributed by atoms with Gasteiger partial charge < -0.3 is 15.0 Å².